The molecule has 0 amide bonds. The maximum Gasteiger partial charge on any atom is 0.316 e. The highest BCUT2D eigenvalue weighted by atomic mass is 32.2. The van der Waals surface area contributed by atoms with Crippen LogP contribution in [0.3, 0.4) is 0 Å². The van der Waals surface area contributed by atoms with Crippen molar-refractivity contribution in [2.45, 2.75) is 11.8 Å². The number of para-hydroxylation sites is 1. The SMILES string of the molecule is COc1cc(OC)cc(-c2nnc(SCC(=O)OCc3ccccc3)n2-c2ccccc2)c1. The first-order valence-corrected chi connectivity index (χ1v) is 11.2. The maximum absolute atomic E-state index is 12.3. The van der Waals surface area contributed by atoms with Crippen molar-refractivity contribution >= 4 is 17.7 Å². The molecule has 0 aliphatic heterocycles. The summed E-state index contributed by atoms with van der Waals surface area (Å²) in [5, 5.41) is 9.35. The lowest BCUT2D eigenvalue weighted by Crippen LogP contribution is -2.08. The third-order valence-electron chi connectivity index (χ3n) is 4.82. The van der Waals surface area contributed by atoms with Gasteiger partial charge < -0.3 is 14.2 Å². The Kier molecular flexibility index (Phi) is 7.26. The van der Waals surface area contributed by atoms with Crippen LogP contribution >= 0.6 is 11.8 Å². The molecule has 0 saturated heterocycles. The number of esters is 1. The molecule has 0 aliphatic rings. The number of carbonyl (C=O) groups excluding carboxylic acids is 1. The van der Waals surface area contributed by atoms with Crippen LogP contribution in [0.25, 0.3) is 17.1 Å². The molecule has 3 aromatic carbocycles. The van der Waals surface area contributed by atoms with Crippen molar-refractivity contribution in [1.29, 1.82) is 0 Å². The van der Waals surface area contributed by atoms with E-state index >= 15 is 0 Å². The third kappa shape index (κ3) is 5.53. The first-order valence-electron chi connectivity index (χ1n) is 10.2. The second-order valence-corrected chi connectivity index (χ2v) is 7.96. The Morgan fingerprint density at radius 3 is 2.15 bits per heavy atom. The molecule has 168 valence electrons. The fraction of sp³-hybridized carbons (Fsp3) is 0.160. The van der Waals surface area contributed by atoms with Crippen LogP contribution in [0.2, 0.25) is 0 Å². The van der Waals surface area contributed by atoms with Crippen molar-refractivity contribution < 1.29 is 19.0 Å². The molecule has 0 N–H and O–H groups in total. The zero-order valence-corrected chi connectivity index (χ0v) is 19.1. The van der Waals surface area contributed by atoms with Gasteiger partial charge in [-0.15, -0.1) is 10.2 Å². The fourth-order valence-electron chi connectivity index (χ4n) is 3.20. The summed E-state index contributed by atoms with van der Waals surface area (Å²) in [7, 11) is 3.20. The van der Waals surface area contributed by atoms with Gasteiger partial charge in [0.15, 0.2) is 11.0 Å². The molecule has 0 unspecified atom stereocenters. The van der Waals surface area contributed by atoms with Gasteiger partial charge in [-0.2, -0.15) is 0 Å². The molecule has 1 heterocycles. The average molecular weight is 462 g/mol. The molecule has 4 rings (SSSR count). The monoisotopic (exact) mass is 461 g/mol. The molecule has 8 heteroatoms. The number of benzene rings is 3. The van der Waals surface area contributed by atoms with Crippen LogP contribution in [0, 0.1) is 0 Å². The van der Waals surface area contributed by atoms with E-state index in [0.717, 1.165) is 16.8 Å². The fourth-order valence-corrected chi connectivity index (χ4v) is 3.95. The minimum Gasteiger partial charge on any atom is -0.497 e. The van der Waals surface area contributed by atoms with Gasteiger partial charge in [0.05, 0.1) is 20.0 Å². The zero-order valence-electron chi connectivity index (χ0n) is 18.3. The van der Waals surface area contributed by atoms with Gasteiger partial charge in [-0.25, -0.2) is 0 Å². The van der Waals surface area contributed by atoms with Crippen molar-refractivity contribution in [3.05, 3.63) is 84.4 Å². The molecule has 0 atom stereocenters. The maximum atomic E-state index is 12.3. The van der Waals surface area contributed by atoms with Crippen molar-refractivity contribution in [3.8, 4) is 28.6 Å². The molecular weight excluding hydrogens is 438 g/mol. The summed E-state index contributed by atoms with van der Waals surface area (Å²) in [6, 6.07) is 24.9. The van der Waals surface area contributed by atoms with Gasteiger partial charge >= 0.3 is 5.97 Å². The van der Waals surface area contributed by atoms with Crippen molar-refractivity contribution in [2.75, 3.05) is 20.0 Å². The lowest BCUT2D eigenvalue weighted by molar-refractivity contribution is -0.141. The third-order valence-corrected chi connectivity index (χ3v) is 5.72. The molecular formula is C25H23N3O4S. The number of thioether (sulfide) groups is 1. The zero-order chi connectivity index (χ0) is 23.0. The van der Waals surface area contributed by atoms with Gasteiger partial charge in [0.25, 0.3) is 0 Å². The Hall–Kier alpha value is -3.78. The van der Waals surface area contributed by atoms with E-state index in [1.165, 1.54) is 11.8 Å². The van der Waals surface area contributed by atoms with Crippen molar-refractivity contribution in [2.24, 2.45) is 0 Å². The van der Waals surface area contributed by atoms with Gasteiger partial charge in [0.2, 0.25) is 0 Å². The topological polar surface area (TPSA) is 75.5 Å². The first kappa shape index (κ1) is 22.4. The van der Waals surface area contributed by atoms with E-state index < -0.39 is 0 Å². The molecule has 0 aliphatic carbocycles. The number of hydrogen-bond donors (Lipinski definition) is 0. The summed E-state index contributed by atoms with van der Waals surface area (Å²) in [4.78, 5) is 12.3. The Morgan fingerprint density at radius 1 is 0.879 bits per heavy atom. The summed E-state index contributed by atoms with van der Waals surface area (Å²) < 4.78 is 18.1. The highest BCUT2D eigenvalue weighted by Gasteiger charge is 2.19. The minimum absolute atomic E-state index is 0.110. The van der Waals surface area contributed by atoms with E-state index in [1.54, 1.807) is 20.3 Å². The number of ether oxygens (including phenoxy) is 3. The van der Waals surface area contributed by atoms with Crippen LogP contribution < -0.4 is 9.47 Å². The highest BCUT2D eigenvalue weighted by Crippen LogP contribution is 2.32. The summed E-state index contributed by atoms with van der Waals surface area (Å²) in [6.45, 7) is 0.237. The summed E-state index contributed by atoms with van der Waals surface area (Å²) >= 11 is 1.27. The van der Waals surface area contributed by atoms with Crippen LogP contribution in [-0.2, 0) is 16.1 Å². The van der Waals surface area contributed by atoms with Gasteiger partial charge in [-0.05, 0) is 29.8 Å². The van der Waals surface area contributed by atoms with Gasteiger partial charge in [0.1, 0.15) is 18.1 Å². The Bertz CT molecular complexity index is 1190. The second-order valence-electron chi connectivity index (χ2n) is 7.01. The molecule has 0 radical (unpaired) electrons. The smallest absolute Gasteiger partial charge is 0.316 e. The standard InChI is InChI=1S/C25H23N3O4S/c1-30-21-13-19(14-22(15-21)31-2)24-26-27-25(28(24)20-11-7-4-8-12-20)33-17-23(29)32-16-18-9-5-3-6-10-18/h3-15H,16-17H2,1-2H3. The summed E-state index contributed by atoms with van der Waals surface area (Å²) in [6.07, 6.45) is 0. The van der Waals surface area contributed by atoms with Crippen LogP contribution in [0.15, 0.2) is 84.0 Å². The number of aromatic nitrogens is 3. The van der Waals surface area contributed by atoms with Crippen LogP contribution in [0.1, 0.15) is 5.56 Å². The molecule has 0 bridgehead atoms. The van der Waals surface area contributed by atoms with E-state index in [2.05, 4.69) is 10.2 Å². The predicted octanol–water partition coefficient (Wildman–Crippen LogP) is 4.79. The number of nitrogens with zero attached hydrogens (tertiary/aromatic N) is 3. The molecule has 33 heavy (non-hydrogen) atoms. The largest absolute Gasteiger partial charge is 0.497 e. The summed E-state index contributed by atoms with van der Waals surface area (Å²) in [5.41, 5.74) is 2.60. The Morgan fingerprint density at radius 2 is 1.52 bits per heavy atom. The van der Waals surface area contributed by atoms with Crippen LogP contribution in [0.4, 0.5) is 0 Å². The average Bonchev–Trinajstić information content (AvgIpc) is 3.31. The lowest BCUT2D eigenvalue weighted by atomic mass is 10.2. The number of methoxy groups -OCH3 is 2. The minimum atomic E-state index is -0.323. The van der Waals surface area contributed by atoms with E-state index in [1.807, 2.05) is 77.4 Å². The molecule has 0 spiro atoms. The molecule has 1 aromatic heterocycles. The van der Waals surface area contributed by atoms with E-state index in [0.29, 0.717) is 22.5 Å². The predicted molar refractivity (Wildman–Crippen MR) is 127 cm³/mol. The lowest BCUT2D eigenvalue weighted by Gasteiger charge is -2.12. The van der Waals surface area contributed by atoms with Gasteiger partial charge in [-0.1, -0.05) is 60.3 Å². The van der Waals surface area contributed by atoms with Gasteiger partial charge in [0, 0.05) is 17.3 Å². The van der Waals surface area contributed by atoms with Crippen molar-refractivity contribution in [1.82, 2.24) is 14.8 Å². The number of hydrogen-bond acceptors (Lipinski definition) is 7. The molecule has 7 nitrogen and oxygen atoms in total. The highest BCUT2D eigenvalue weighted by molar-refractivity contribution is 7.99. The number of rotatable bonds is 9. The normalized spacial score (nSPS) is 10.6. The Labute approximate surface area is 196 Å². The van der Waals surface area contributed by atoms with Crippen LogP contribution in [-0.4, -0.2) is 40.7 Å². The van der Waals surface area contributed by atoms with Crippen LogP contribution in [0.5, 0.6) is 11.5 Å². The first-order chi connectivity index (χ1) is 16.2. The number of carbonyl (C=O) groups is 1. The van der Waals surface area contributed by atoms with E-state index in [4.69, 9.17) is 14.2 Å². The molecule has 4 aromatic rings. The second kappa shape index (κ2) is 10.7. The summed E-state index contributed by atoms with van der Waals surface area (Å²) in [5.74, 6) is 1.69. The van der Waals surface area contributed by atoms with E-state index in [9.17, 15) is 4.79 Å². The van der Waals surface area contributed by atoms with E-state index in [-0.39, 0.29) is 18.3 Å². The van der Waals surface area contributed by atoms with Gasteiger partial charge in [-0.3, -0.25) is 9.36 Å². The van der Waals surface area contributed by atoms with Crippen molar-refractivity contribution in [3.63, 3.8) is 0 Å². The molecule has 0 saturated carbocycles. The molecule has 0 fully saturated rings. The quantitative estimate of drug-likeness (QED) is 0.262. The Balaban J connectivity index is 1.59.